The lowest BCUT2D eigenvalue weighted by Gasteiger charge is -2.36. The van der Waals surface area contributed by atoms with Gasteiger partial charge in [-0.25, -0.2) is 0 Å². The summed E-state index contributed by atoms with van der Waals surface area (Å²) in [4.78, 5) is 4.64. The van der Waals surface area contributed by atoms with Crippen molar-refractivity contribution >= 4 is 5.69 Å². The van der Waals surface area contributed by atoms with Gasteiger partial charge in [0.2, 0.25) is 0 Å². The Morgan fingerprint density at radius 1 is 1.18 bits per heavy atom. The maximum Gasteiger partial charge on any atom is 0.0724 e. The summed E-state index contributed by atoms with van der Waals surface area (Å²) in [7, 11) is 0. The van der Waals surface area contributed by atoms with E-state index >= 15 is 0 Å². The number of nitrogens with one attached hydrogen (secondary N) is 1. The Morgan fingerprint density at radius 3 is 2.53 bits per heavy atom. The molecule has 0 bridgehead atoms. The van der Waals surface area contributed by atoms with Crippen molar-refractivity contribution in [3.05, 3.63) is 29.3 Å². The van der Waals surface area contributed by atoms with Gasteiger partial charge in [-0.15, -0.1) is 0 Å². The molecule has 4 nitrogen and oxygen atoms in total. The first kappa shape index (κ1) is 12.4. The number of nitrogens with zero attached hydrogens (tertiary/aromatic N) is 2. The highest BCUT2D eigenvalue weighted by atomic mass is 16.5. The highest BCUT2D eigenvalue weighted by molar-refractivity contribution is 5.55. The minimum absolute atomic E-state index is 0.556. The molecule has 1 heterocycles. The van der Waals surface area contributed by atoms with Gasteiger partial charge >= 0.3 is 0 Å². The summed E-state index contributed by atoms with van der Waals surface area (Å²) in [6.07, 6.45) is 0. The smallest absolute Gasteiger partial charge is 0.0724 e. The predicted molar refractivity (Wildman–Crippen MR) is 69.5 cm³/mol. The highest BCUT2D eigenvalue weighted by Crippen LogP contribution is 2.22. The maximum atomic E-state index is 8.68. The average molecular weight is 235 g/mol. The van der Waals surface area contributed by atoms with Crippen molar-refractivity contribution in [2.24, 2.45) is 0 Å². The van der Waals surface area contributed by atoms with E-state index in [0.29, 0.717) is 6.67 Å². The van der Waals surface area contributed by atoms with Crippen LogP contribution in [-0.4, -0.2) is 43.0 Å². The lowest BCUT2D eigenvalue weighted by Crippen LogP contribution is -2.49. The van der Waals surface area contributed by atoms with E-state index < -0.39 is 0 Å². The molecule has 1 aliphatic heterocycles. The summed E-state index contributed by atoms with van der Waals surface area (Å²) in [5.74, 6) is 0. The molecule has 0 spiro atoms. The average Bonchev–Trinajstić information content (AvgIpc) is 2.34. The number of hydrogen-bond acceptors (Lipinski definition) is 4. The van der Waals surface area contributed by atoms with Gasteiger partial charge in [-0.2, -0.15) is 5.48 Å². The second-order valence-corrected chi connectivity index (χ2v) is 4.71. The van der Waals surface area contributed by atoms with E-state index in [-0.39, 0.29) is 0 Å². The molecule has 2 rings (SSSR count). The van der Waals surface area contributed by atoms with E-state index in [4.69, 9.17) is 5.21 Å². The first-order valence-corrected chi connectivity index (χ1v) is 6.12. The Morgan fingerprint density at radius 2 is 1.88 bits per heavy atom. The summed E-state index contributed by atoms with van der Waals surface area (Å²) in [6.45, 7) is 8.87. The quantitative estimate of drug-likeness (QED) is 0.776. The largest absolute Gasteiger partial charge is 0.369 e. The summed E-state index contributed by atoms with van der Waals surface area (Å²) in [5, 5.41) is 8.68. The van der Waals surface area contributed by atoms with Gasteiger partial charge in [0.15, 0.2) is 0 Å². The van der Waals surface area contributed by atoms with Crippen LogP contribution in [0.4, 0.5) is 5.69 Å². The van der Waals surface area contributed by atoms with Crippen molar-refractivity contribution in [3.63, 3.8) is 0 Å². The summed E-state index contributed by atoms with van der Waals surface area (Å²) in [5.41, 5.74) is 6.22. The van der Waals surface area contributed by atoms with Crippen LogP contribution in [0.3, 0.4) is 0 Å². The van der Waals surface area contributed by atoms with Gasteiger partial charge in [0, 0.05) is 31.9 Å². The van der Waals surface area contributed by atoms with Gasteiger partial charge in [0.25, 0.3) is 0 Å². The fourth-order valence-corrected chi connectivity index (χ4v) is 2.31. The van der Waals surface area contributed by atoms with Crippen molar-refractivity contribution in [3.8, 4) is 0 Å². The molecule has 1 aromatic carbocycles. The standard InChI is InChI=1S/C13H21N3O/c1-11-3-4-12(2)13(9-11)16-7-5-15(6-8-16)10-14-17/h3-4,9,14,17H,5-8,10H2,1-2H3. The number of anilines is 1. The molecular weight excluding hydrogens is 214 g/mol. The van der Waals surface area contributed by atoms with Crippen LogP contribution in [0.2, 0.25) is 0 Å². The first-order chi connectivity index (χ1) is 8.20. The zero-order valence-electron chi connectivity index (χ0n) is 10.6. The Labute approximate surface area is 103 Å². The molecule has 1 saturated heterocycles. The van der Waals surface area contributed by atoms with Crippen molar-refractivity contribution in [2.45, 2.75) is 13.8 Å². The van der Waals surface area contributed by atoms with Crippen LogP contribution in [0.5, 0.6) is 0 Å². The zero-order chi connectivity index (χ0) is 12.3. The van der Waals surface area contributed by atoms with Crippen molar-refractivity contribution in [1.29, 1.82) is 0 Å². The molecule has 0 amide bonds. The van der Waals surface area contributed by atoms with Crippen LogP contribution in [0.1, 0.15) is 11.1 Å². The van der Waals surface area contributed by atoms with E-state index in [1.807, 2.05) is 0 Å². The van der Waals surface area contributed by atoms with Gasteiger partial charge in [0.1, 0.15) is 0 Å². The minimum Gasteiger partial charge on any atom is -0.369 e. The van der Waals surface area contributed by atoms with E-state index in [1.54, 1.807) is 0 Å². The fourth-order valence-electron chi connectivity index (χ4n) is 2.31. The van der Waals surface area contributed by atoms with Gasteiger partial charge in [-0.3, -0.25) is 4.90 Å². The van der Waals surface area contributed by atoms with Crippen LogP contribution in [0.15, 0.2) is 18.2 Å². The van der Waals surface area contributed by atoms with Crippen LogP contribution in [0, 0.1) is 13.8 Å². The predicted octanol–water partition coefficient (Wildman–Crippen LogP) is 1.36. The Bertz CT molecular complexity index is 373. The third-order valence-corrected chi connectivity index (χ3v) is 3.37. The molecule has 4 heteroatoms. The van der Waals surface area contributed by atoms with Gasteiger partial charge in [0.05, 0.1) is 6.67 Å². The minimum atomic E-state index is 0.556. The third-order valence-electron chi connectivity index (χ3n) is 3.37. The SMILES string of the molecule is Cc1ccc(C)c(N2CCN(CNO)CC2)c1. The molecule has 0 atom stereocenters. The van der Waals surface area contributed by atoms with Crippen molar-refractivity contribution in [2.75, 3.05) is 37.7 Å². The topological polar surface area (TPSA) is 38.7 Å². The molecule has 94 valence electrons. The highest BCUT2D eigenvalue weighted by Gasteiger charge is 2.17. The summed E-state index contributed by atoms with van der Waals surface area (Å²) < 4.78 is 0. The maximum absolute atomic E-state index is 8.68. The summed E-state index contributed by atoms with van der Waals surface area (Å²) in [6, 6.07) is 6.60. The molecule has 2 N–H and O–H groups in total. The number of hydrogen-bond donors (Lipinski definition) is 2. The van der Waals surface area contributed by atoms with E-state index in [1.165, 1.54) is 16.8 Å². The number of hydroxylamine groups is 1. The normalized spacial score (nSPS) is 17.5. The monoisotopic (exact) mass is 235 g/mol. The molecule has 0 unspecified atom stereocenters. The molecule has 0 saturated carbocycles. The Hall–Kier alpha value is -1.10. The Kier molecular flexibility index (Phi) is 3.99. The van der Waals surface area contributed by atoms with Crippen LogP contribution in [-0.2, 0) is 0 Å². The third kappa shape index (κ3) is 2.97. The van der Waals surface area contributed by atoms with Gasteiger partial charge in [-0.1, -0.05) is 12.1 Å². The van der Waals surface area contributed by atoms with Crippen molar-refractivity contribution < 1.29 is 5.21 Å². The second-order valence-electron chi connectivity index (χ2n) is 4.71. The Balaban J connectivity index is 2.02. The van der Waals surface area contributed by atoms with Crippen LogP contribution >= 0.6 is 0 Å². The van der Waals surface area contributed by atoms with Gasteiger partial charge in [-0.05, 0) is 31.0 Å². The molecule has 0 aliphatic carbocycles. The fraction of sp³-hybridized carbons (Fsp3) is 0.538. The molecule has 0 radical (unpaired) electrons. The molecule has 1 fully saturated rings. The lowest BCUT2D eigenvalue weighted by atomic mass is 10.1. The molecule has 0 aromatic heterocycles. The molecule has 1 aliphatic rings. The second kappa shape index (κ2) is 5.49. The lowest BCUT2D eigenvalue weighted by molar-refractivity contribution is 0.0944. The zero-order valence-corrected chi connectivity index (χ0v) is 10.6. The van der Waals surface area contributed by atoms with Crippen molar-refractivity contribution in [1.82, 2.24) is 10.4 Å². The van der Waals surface area contributed by atoms with E-state index in [2.05, 4.69) is 47.3 Å². The van der Waals surface area contributed by atoms with Crippen LogP contribution < -0.4 is 10.4 Å². The number of rotatable bonds is 3. The van der Waals surface area contributed by atoms with Crippen LogP contribution in [0.25, 0.3) is 0 Å². The van der Waals surface area contributed by atoms with Gasteiger partial charge < -0.3 is 10.1 Å². The molecule has 17 heavy (non-hydrogen) atoms. The first-order valence-electron chi connectivity index (χ1n) is 6.12. The molecule has 1 aromatic rings. The molecular formula is C13H21N3O. The summed E-state index contributed by atoms with van der Waals surface area (Å²) >= 11 is 0. The van der Waals surface area contributed by atoms with E-state index in [9.17, 15) is 0 Å². The number of benzene rings is 1. The number of piperazine rings is 1. The number of aryl methyl sites for hydroxylation is 2. The van der Waals surface area contributed by atoms with E-state index in [0.717, 1.165) is 26.2 Å².